The summed E-state index contributed by atoms with van der Waals surface area (Å²) in [6, 6.07) is 112. The van der Waals surface area contributed by atoms with Crippen molar-refractivity contribution in [2.24, 2.45) is 0 Å². The highest BCUT2D eigenvalue weighted by molar-refractivity contribution is 6.49. The molecule has 2 aliphatic rings. The molecule has 19 rings (SSSR count). The molecule has 17 aromatic carbocycles. The van der Waals surface area contributed by atoms with Crippen LogP contribution >= 0.6 is 0 Å². The summed E-state index contributed by atoms with van der Waals surface area (Å²) in [4.78, 5) is 70.9. The average Bonchev–Trinajstić information content (AvgIpc) is 0.669. The number of benzene rings is 17. The van der Waals surface area contributed by atoms with E-state index < -0.39 is 23.6 Å². The van der Waals surface area contributed by atoms with Crippen LogP contribution in [0, 0.1) is 0 Å². The lowest BCUT2D eigenvalue weighted by atomic mass is 9.80. The molecule has 0 aromatic heterocycles. The smallest absolute Gasteiger partial charge is 0.266 e. The summed E-state index contributed by atoms with van der Waals surface area (Å²) in [6.45, 7) is 0. The predicted octanol–water partition coefficient (Wildman–Crippen LogP) is 24.5. The van der Waals surface area contributed by atoms with Crippen molar-refractivity contribution in [2.45, 2.75) is 0 Å². The van der Waals surface area contributed by atoms with Gasteiger partial charge in [-0.15, -0.1) is 0 Å². The normalized spacial score (nSPS) is 12.6. The van der Waals surface area contributed by atoms with Gasteiger partial charge in [0.25, 0.3) is 23.6 Å². The Balaban J connectivity index is 0.962. The Morgan fingerprint density at radius 1 is 0.170 bits per heavy atom. The first-order valence-electron chi connectivity index (χ1n) is 35.0. The third kappa shape index (κ3) is 10.6. The molecule has 0 radical (unpaired) electrons. The van der Waals surface area contributed by atoms with Gasteiger partial charge in [0, 0.05) is 65.3 Å². The first-order chi connectivity index (χ1) is 52.3. The molecule has 500 valence electrons. The SMILES string of the molecule is O=C1c2cc(Oc3ccccc3)c3c4c(Oc5ccccc5)cc5c6c(cc(Oc7ccccc7)c(c7c(Oc8ccccc8)cc(c2c37)C(=O)N1c1c(-c2ccccc2)cc(-c2ccccc2)cc1-c1ccccc1)c64)C(=O)N(c1c(-c2ccccc2)cc(-c2ccccc2)cc1-c1ccccc1)C5=O. The minimum Gasteiger partial charge on any atom is -0.457 e. The zero-order valence-corrected chi connectivity index (χ0v) is 56.6. The molecule has 4 amide bonds. The van der Waals surface area contributed by atoms with Crippen molar-refractivity contribution in [3.8, 4) is 113 Å². The van der Waals surface area contributed by atoms with Crippen molar-refractivity contribution in [1.82, 2.24) is 0 Å². The van der Waals surface area contributed by atoms with Crippen LogP contribution < -0.4 is 28.7 Å². The molecule has 0 saturated heterocycles. The van der Waals surface area contributed by atoms with Gasteiger partial charge in [0.05, 0.1) is 33.6 Å². The first-order valence-corrected chi connectivity index (χ1v) is 35.0. The lowest BCUT2D eigenvalue weighted by molar-refractivity contribution is 0.0878. The van der Waals surface area contributed by atoms with E-state index in [1.165, 1.54) is 9.80 Å². The van der Waals surface area contributed by atoms with Crippen LogP contribution in [0.25, 0.3) is 110 Å². The van der Waals surface area contributed by atoms with Crippen molar-refractivity contribution in [2.75, 3.05) is 9.80 Å². The number of ether oxygens (including phenoxy) is 4. The summed E-state index contributed by atoms with van der Waals surface area (Å²) in [5.74, 6) is -0.0529. The average molecular weight is 1370 g/mol. The molecule has 2 heterocycles. The van der Waals surface area contributed by atoms with E-state index in [1.807, 2.05) is 303 Å². The van der Waals surface area contributed by atoms with Crippen molar-refractivity contribution in [3.05, 3.63) is 374 Å². The lowest BCUT2D eigenvalue weighted by Gasteiger charge is -2.34. The Labute approximate surface area is 609 Å². The molecule has 0 fully saturated rings. The Hall–Kier alpha value is -14.5. The summed E-state index contributed by atoms with van der Waals surface area (Å²) in [5, 5.41) is 2.93. The summed E-state index contributed by atoms with van der Waals surface area (Å²) in [7, 11) is 0. The van der Waals surface area contributed by atoms with Crippen LogP contribution in [0.5, 0.6) is 46.0 Å². The largest absolute Gasteiger partial charge is 0.457 e. The van der Waals surface area contributed by atoms with Crippen LogP contribution in [0.1, 0.15) is 41.4 Å². The minimum atomic E-state index is -0.623. The molecule has 0 unspecified atom stereocenters. The standard InChI is InChI=1S/C96H58N2O8/c99-93-75-55-79(103-67-43-23-7-24-44-67)85-87-81(105-69-47-27-9-28-48-69)57-77-84-78(96(102)98(95(77)101)92-73(63-39-19-5-20-40-63)53-66(60-33-13-2-14-34-60)54-74(92)64-41-21-6-22-42-64)58-82(106-70-49-29-10-30-50-70)88(90(84)87)86-80(104-68-45-25-8-26-46-68)56-76(83(75)89(85)86)94(100)97(93)91-71(61-35-15-3-16-36-61)51-65(59-31-11-1-12-32-59)52-72(91)62-37-17-4-18-38-62/h1-58H. The highest BCUT2D eigenvalue weighted by Gasteiger charge is 2.44. The predicted molar refractivity (Wildman–Crippen MR) is 421 cm³/mol. The summed E-state index contributed by atoms with van der Waals surface area (Å²) >= 11 is 0. The van der Waals surface area contributed by atoms with Crippen molar-refractivity contribution >= 4 is 78.1 Å². The number of hydrogen-bond acceptors (Lipinski definition) is 8. The molecular weight excluding hydrogens is 1310 g/mol. The number of rotatable bonds is 16. The molecule has 0 N–H and O–H groups in total. The fourth-order valence-corrected chi connectivity index (χ4v) is 15.4. The van der Waals surface area contributed by atoms with Crippen LogP contribution in [0.3, 0.4) is 0 Å². The molecule has 0 aliphatic carbocycles. The maximum Gasteiger partial charge on any atom is 0.266 e. The molecule has 0 atom stereocenters. The van der Waals surface area contributed by atoms with E-state index in [1.54, 1.807) is 24.3 Å². The fourth-order valence-electron chi connectivity index (χ4n) is 15.4. The number of carbonyl (C=O) groups excluding carboxylic acids is 4. The van der Waals surface area contributed by atoms with Crippen molar-refractivity contribution in [1.29, 1.82) is 0 Å². The molecular formula is C96H58N2O8. The van der Waals surface area contributed by atoms with Crippen molar-refractivity contribution in [3.63, 3.8) is 0 Å². The van der Waals surface area contributed by atoms with Gasteiger partial charge in [0.1, 0.15) is 46.0 Å². The molecule has 0 saturated carbocycles. The maximum absolute atomic E-state index is 17.1. The third-order valence-corrected chi connectivity index (χ3v) is 20.0. The second-order valence-electron chi connectivity index (χ2n) is 26.3. The Morgan fingerprint density at radius 2 is 0.358 bits per heavy atom. The fraction of sp³-hybridized carbons (Fsp3) is 0. The molecule has 17 aromatic rings. The topological polar surface area (TPSA) is 112 Å². The van der Waals surface area contributed by atoms with Crippen LogP contribution in [-0.4, -0.2) is 23.6 Å². The van der Waals surface area contributed by atoms with Gasteiger partial charge in [-0.2, -0.15) is 0 Å². The number of para-hydroxylation sites is 4. The number of fused-ring (bicyclic) bond motifs is 2. The van der Waals surface area contributed by atoms with Gasteiger partial charge < -0.3 is 18.9 Å². The minimum absolute atomic E-state index is 0.143. The molecule has 10 nitrogen and oxygen atoms in total. The van der Waals surface area contributed by atoms with Gasteiger partial charge in [-0.1, -0.05) is 255 Å². The molecule has 0 bridgehead atoms. The van der Waals surface area contributed by atoms with E-state index in [2.05, 4.69) is 24.3 Å². The van der Waals surface area contributed by atoms with Gasteiger partial charge >= 0.3 is 0 Å². The number of carbonyl (C=O) groups is 4. The zero-order chi connectivity index (χ0) is 70.9. The van der Waals surface area contributed by atoms with Gasteiger partial charge in [-0.05, 0) is 142 Å². The zero-order valence-electron chi connectivity index (χ0n) is 56.6. The molecule has 2 aliphatic heterocycles. The number of hydrogen-bond donors (Lipinski definition) is 0. The van der Waals surface area contributed by atoms with Crippen LogP contribution in [0.15, 0.2) is 352 Å². The summed E-state index contributed by atoms with van der Waals surface area (Å²) in [5.41, 5.74) is 10.6. The number of imide groups is 2. The number of nitrogens with zero attached hydrogens (tertiary/aromatic N) is 2. The second-order valence-corrected chi connectivity index (χ2v) is 26.3. The van der Waals surface area contributed by atoms with E-state index in [0.717, 1.165) is 44.5 Å². The monoisotopic (exact) mass is 1370 g/mol. The van der Waals surface area contributed by atoms with E-state index in [0.29, 0.717) is 99.7 Å². The van der Waals surface area contributed by atoms with Gasteiger partial charge in [0.2, 0.25) is 0 Å². The maximum atomic E-state index is 17.1. The van der Waals surface area contributed by atoms with E-state index in [-0.39, 0.29) is 45.3 Å². The van der Waals surface area contributed by atoms with E-state index in [4.69, 9.17) is 18.9 Å². The summed E-state index contributed by atoms with van der Waals surface area (Å²) < 4.78 is 29.4. The van der Waals surface area contributed by atoms with E-state index in [9.17, 15) is 0 Å². The summed E-state index contributed by atoms with van der Waals surface area (Å²) in [6.07, 6.45) is 0. The highest BCUT2D eigenvalue weighted by Crippen LogP contribution is 2.60. The second kappa shape index (κ2) is 25.8. The number of anilines is 2. The lowest BCUT2D eigenvalue weighted by Crippen LogP contribution is -2.41. The quantitative estimate of drug-likeness (QED) is 0.0534. The van der Waals surface area contributed by atoms with Crippen LogP contribution in [0.2, 0.25) is 0 Å². The molecule has 106 heavy (non-hydrogen) atoms. The highest BCUT2D eigenvalue weighted by atomic mass is 16.5. The molecule has 10 heteroatoms. The van der Waals surface area contributed by atoms with Crippen molar-refractivity contribution < 1.29 is 38.1 Å². The van der Waals surface area contributed by atoms with Crippen LogP contribution in [-0.2, 0) is 0 Å². The number of amides is 4. The Kier molecular flexibility index (Phi) is 15.2. The van der Waals surface area contributed by atoms with Crippen LogP contribution in [0.4, 0.5) is 11.4 Å². The first kappa shape index (κ1) is 62.5. The van der Waals surface area contributed by atoms with E-state index >= 15 is 19.2 Å². The Morgan fingerprint density at radius 3 is 0.566 bits per heavy atom. The third-order valence-electron chi connectivity index (χ3n) is 20.0. The van der Waals surface area contributed by atoms with Gasteiger partial charge in [-0.25, -0.2) is 9.80 Å². The van der Waals surface area contributed by atoms with Gasteiger partial charge in [0.15, 0.2) is 0 Å². The van der Waals surface area contributed by atoms with Gasteiger partial charge in [-0.3, -0.25) is 19.2 Å². The molecule has 0 spiro atoms. The Bertz CT molecular complexity index is 5630.